The van der Waals surface area contributed by atoms with Gasteiger partial charge >= 0.3 is 0 Å². The Kier molecular flexibility index (Phi) is 11.3. The predicted octanol–water partition coefficient (Wildman–Crippen LogP) is 1.43. The second kappa shape index (κ2) is 14.1. The minimum absolute atomic E-state index is 0.00414. The fourth-order valence-corrected chi connectivity index (χ4v) is 7.34. The molecule has 0 saturated carbocycles. The van der Waals surface area contributed by atoms with Gasteiger partial charge in [-0.15, -0.1) is 0 Å². The third-order valence-electron chi connectivity index (χ3n) is 9.44. The second-order valence-electron chi connectivity index (χ2n) is 15.3. The molecule has 0 spiro atoms. The summed E-state index contributed by atoms with van der Waals surface area (Å²) in [5, 5.41) is 37.4. The maximum absolute atomic E-state index is 9.40. The molecule has 0 bridgehead atoms. The third-order valence-corrected chi connectivity index (χ3v) is 9.44. The van der Waals surface area contributed by atoms with Crippen LogP contribution in [0.4, 0.5) is 0 Å². The molecule has 0 aliphatic carbocycles. The minimum Gasteiger partial charge on any atom is -0.394 e. The zero-order valence-electron chi connectivity index (χ0n) is 30.1. The van der Waals surface area contributed by atoms with Crippen molar-refractivity contribution >= 4 is 0 Å². The second-order valence-corrected chi connectivity index (χ2v) is 15.3. The molecular weight excluding hydrogens is 636 g/mol. The van der Waals surface area contributed by atoms with Gasteiger partial charge in [0.2, 0.25) is 0 Å². The van der Waals surface area contributed by atoms with Crippen LogP contribution in [0.5, 0.6) is 0 Å². The van der Waals surface area contributed by atoms with Crippen LogP contribution in [-0.2, 0) is 52.1 Å². The van der Waals surface area contributed by atoms with Crippen molar-refractivity contribution < 1.29 is 72.5 Å². The van der Waals surface area contributed by atoms with Gasteiger partial charge in [-0.25, -0.2) is 0 Å². The highest BCUT2D eigenvalue weighted by atomic mass is 16.9. The average molecular weight is 695 g/mol. The van der Waals surface area contributed by atoms with E-state index in [1.807, 2.05) is 62.3 Å². The lowest BCUT2D eigenvalue weighted by Crippen LogP contribution is -2.56. The average Bonchev–Trinajstić information content (AvgIpc) is 3.70. The van der Waals surface area contributed by atoms with Crippen LogP contribution in [0.15, 0.2) is 0 Å². The van der Waals surface area contributed by atoms with Crippen LogP contribution in [-0.4, -0.2) is 142 Å². The van der Waals surface area contributed by atoms with E-state index in [1.54, 1.807) is 6.92 Å². The predicted molar refractivity (Wildman–Crippen MR) is 165 cm³/mol. The number of fused-ring (bicyclic) bond motifs is 6. The summed E-state index contributed by atoms with van der Waals surface area (Å²) in [5.41, 5.74) is 0. The molecule has 7 fully saturated rings. The first-order valence-electron chi connectivity index (χ1n) is 17.2. The van der Waals surface area contributed by atoms with Crippen LogP contribution >= 0.6 is 0 Å². The molecular formula is C33H58O15. The molecule has 15 heteroatoms. The molecule has 0 amide bonds. The number of ether oxygens (including phenoxy) is 11. The first-order valence-corrected chi connectivity index (χ1v) is 17.2. The van der Waals surface area contributed by atoms with Crippen molar-refractivity contribution in [3.63, 3.8) is 0 Å². The van der Waals surface area contributed by atoms with E-state index >= 15 is 0 Å². The Balaban J connectivity index is 0.000000144. The largest absolute Gasteiger partial charge is 0.394 e. The van der Waals surface area contributed by atoms with Crippen molar-refractivity contribution in [3.8, 4) is 0 Å². The molecule has 280 valence electrons. The van der Waals surface area contributed by atoms with Crippen molar-refractivity contribution in [2.24, 2.45) is 0 Å². The van der Waals surface area contributed by atoms with E-state index in [9.17, 15) is 20.4 Å². The summed E-state index contributed by atoms with van der Waals surface area (Å²) < 4.78 is 63.7. The summed E-state index contributed by atoms with van der Waals surface area (Å²) in [5.74, 6) is -2.62. The number of aliphatic hydroxyl groups is 4. The summed E-state index contributed by atoms with van der Waals surface area (Å²) in [4.78, 5) is 0. The zero-order valence-corrected chi connectivity index (χ0v) is 30.1. The Morgan fingerprint density at radius 1 is 0.438 bits per heavy atom. The molecule has 0 aromatic rings. The summed E-state index contributed by atoms with van der Waals surface area (Å²) >= 11 is 0. The van der Waals surface area contributed by atoms with Crippen LogP contribution in [0.25, 0.3) is 0 Å². The zero-order chi connectivity index (χ0) is 35.6. The van der Waals surface area contributed by atoms with Gasteiger partial charge < -0.3 is 72.5 Å². The van der Waals surface area contributed by atoms with Gasteiger partial charge in [-0.2, -0.15) is 0 Å². The Hall–Kier alpha value is -0.600. The number of hydrogen-bond acceptors (Lipinski definition) is 15. The summed E-state index contributed by atoms with van der Waals surface area (Å²) in [7, 11) is 0. The van der Waals surface area contributed by atoms with E-state index in [0.717, 1.165) is 6.42 Å². The molecule has 7 saturated heterocycles. The molecule has 4 N–H and O–H groups in total. The maximum atomic E-state index is 9.40. The first kappa shape index (κ1) is 38.6. The molecule has 15 unspecified atom stereocenters. The number of hydrogen-bond donors (Lipinski definition) is 4. The van der Waals surface area contributed by atoms with Crippen molar-refractivity contribution in [1.29, 1.82) is 0 Å². The quantitative estimate of drug-likeness (QED) is 0.333. The molecule has 0 radical (unpaired) electrons. The molecule has 7 aliphatic heterocycles. The van der Waals surface area contributed by atoms with Crippen molar-refractivity contribution in [2.45, 2.75) is 204 Å². The summed E-state index contributed by atoms with van der Waals surface area (Å²) in [6, 6.07) is 0. The number of aliphatic hydroxyl groups excluding tert-OH is 4. The molecule has 7 rings (SSSR count). The van der Waals surface area contributed by atoms with Crippen molar-refractivity contribution in [2.75, 3.05) is 6.61 Å². The molecule has 0 aromatic heterocycles. The molecule has 15 atom stereocenters. The van der Waals surface area contributed by atoms with Gasteiger partial charge in [0.15, 0.2) is 35.7 Å². The van der Waals surface area contributed by atoms with Gasteiger partial charge in [-0.05, 0) is 75.2 Å². The SMILES string of the molecule is CC1(C)OC2OC(CO)C3OC(C)(C)OC3C2O1.CCC1OC(C)C(O)C(O)C1O.CCC1OC2OC(C)(C)OC2C2OC(C)(C)OC12. The molecule has 7 heterocycles. The van der Waals surface area contributed by atoms with Crippen LogP contribution in [0, 0.1) is 0 Å². The fourth-order valence-electron chi connectivity index (χ4n) is 7.34. The standard InChI is InChI=1S/C13H22O5.C12H20O6.C8H16O4/c1-6-7-8-9(16-12(2,3)15-8)10-11(14-7)18-13(4,5)17-10;1-11(2)15-7-6(5-13)14-10-9(8(7)16-11)17-12(3,4)18-10;1-3-5-7(10)8(11)6(9)4(2)12-5/h7-11H,6H2,1-5H3;6-10,13H,5H2,1-4H3;4-11H,3H2,1-2H3. The Bertz CT molecular complexity index is 1010. The van der Waals surface area contributed by atoms with Crippen LogP contribution in [0.3, 0.4) is 0 Å². The highest BCUT2D eigenvalue weighted by molar-refractivity contribution is 5.01. The van der Waals surface area contributed by atoms with E-state index in [2.05, 4.69) is 6.92 Å². The number of rotatable bonds is 3. The van der Waals surface area contributed by atoms with E-state index in [-0.39, 0.29) is 61.7 Å². The fraction of sp³-hybridized carbons (Fsp3) is 1.00. The van der Waals surface area contributed by atoms with Crippen LogP contribution in [0.2, 0.25) is 0 Å². The van der Waals surface area contributed by atoms with Gasteiger partial charge in [0.1, 0.15) is 61.0 Å². The van der Waals surface area contributed by atoms with Crippen molar-refractivity contribution in [1.82, 2.24) is 0 Å². The normalized spacial score (nSPS) is 48.9. The Morgan fingerprint density at radius 2 is 0.812 bits per heavy atom. The highest BCUT2D eigenvalue weighted by Crippen LogP contribution is 2.45. The van der Waals surface area contributed by atoms with Crippen LogP contribution in [0.1, 0.15) is 89.0 Å². The van der Waals surface area contributed by atoms with E-state index in [1.165, 1.54) is 0 Å². The molecule has 7 aliphatic rings. The molecule has 48 heavy (non-hydrogen) atoms. The summed E-state index contributed by atoms with van der Waals surface area (Å²) in [6.07, 6.45) is -4.98. The lowest BCUT2D eigenvalue weighted by molar-refractivity contribution is -0.240. The van der Waals surface area contributed by atoms with Crippen LogP contribution < -0.4 is 0 Å². The Morgan fingerprint density at radius 3 is 1.25 bits per heavy atom. The first-order chi connectivity index (χ1) is 22.2. The van der Waals surface area contributed by atoms with Crippen molar-refractivity contribution in [3.05, 3.63) is 0 Å². The molecule has 15 nitrogen and oxygen atoms in total. The van der Waals surface area contributed by atoms with Gasteiger partial charge in [0.05, 0.1) is 24.9 Å². The van der Waals surface area contributed by atoms with E-state index in [0.29, 0.717) is 6.42 Å². The smallest absolute Gasteiger partial charge is 0.190 e. The van der Waals surface area contributed by atoms with Gasteiger partial charge in [0, 0.05) is 0 Å². The summed E-state index contributed by atoms with van der Waals surface area (Å²) in [6.45, 7) is 20.5. The monoisotopic (exact) mass is 694 g/mol. The third kappa shape index (κ3) is 8.06. The molecule has 0 aromatic carbocycles. The topological polar surface area (TPSA) is 182 Å². The minimum atomic E-state index is -1.08. The van der Waals surface area contributed by atoms with E-state index < -0.39 is 60.0 Å². The highest BCUT2D eigenvalue weighted by Gasteiger charge is 2.61. The van der Waals surface area contributed by atoms with Gasteiger partial charge in [-0.3, -0.25) is 0 Å². The van der Waals surface area contributed by atoms with Gasteiger partial charge in [-0.1, -0.05) is 13.8 Å². The van der Waals surface area contributed by atoms with E-state index in [4.69, 9.17) is 52.1 Å². The van der Waals surface area contributed by atoms with Gasteiger partial charge in [0.25, 0.3) is 0 Å². The Labute approximate surface area is 283 Å². The maximum Gasteiger partial charge on any atom is 0.190 e. The lowest BCUT2D eigenvalue weighted by Gasteiger charge is -2.39. The lowest BCUT2D eigenvalue weighted by atomic mass is 9.94.